The van der Waals surface area contributed by atoms with Crippen LogP contribution in [0.15, 0.2) is 54.9 Å². The third-order valence-corrected chi connectivity index (χ3v) is 6.19. The van der Waals surface area contributed by atoms with Crippen LogP contribution in [-0.2, 0) is 0 Å². The van der Waals surface area contributed by atoms with Crippen molar-refractivity contribution in [3.63, 3.8) is 0 Å². The van der Waals surface area contributed by atoms with E-state index >= 15 is 0 Å². The number of carbonyl (C=O) groups is 2. The second-order valence-corrected chi connectivity index (χ2v) is 12.2. The summed E-state index contributed by atoms with van der Waals surface area (Å²) in [4.78, 5) is 31.0. The highest BCUT2D eigenvalue weighted by Crippen LogP contribution is 2.21. The van der Waals surface area contributed by atoms with E-state index in [2.05, 4.69) is 73.8 Å². The van der Waals surface area contributed by atoms with Crippen molar-refractivity contribution in [3.05, 3.63) is 71.3 Å². The minimum atomic E-state index is 0.0356. The Morgan fingerprint density at radius 1 is 1.05 bits per heavy atom. The van der Waals surface area contributed by atoms with Crippen molar-refractivity contribution in [1.29, 1.82) is 0 Å². The van der Waals surface area contributed by atoms with E-state index in [4.69, 9.17) is 11.6 Å². The number of fused-ring (bicyclic) bond motifs is 1. The normalized spacial score (nSPS) is 15.1. The van der Waals surface area contributed by atoms with Gasteiger partial charge in [0.2, 0.25) is 0 Å². The van der Waals surface area contributed by atoms with Gasteiger partial charge < -0.3 is 4.90 Å². The number of halogens is 1. The highest BCUT2D eigenvalue weighted by Gasteiger charge is 2.33. The number of H-pyrrole nitrogens is 1. The molecular formula is C29H38ClN7O2. The van der Waals surface area contributed by atoms with Crippen molar-refractivity contribution in [1.82, 2.24) is 34.6 Å². The molecule has 9 nitrogen and oxygen atoms in total. The molecule has 0 aliphatic carbocycles. The van der Waals surface area contributed by atoms with Gasteiger partial charge in [0.15, 0.2) is 11.9 Å². The van der Waals surface area contributed by atoms with Gasteiger partial charge in [-0.15, -0.1) is 0 Å². The van der Waals surface area contributed by atoms with Gasteiger partial charge in [0.25, 0.3) is 5.91 Å². The molecule has 4 aromatic rings. The zero-order chi connectivity index (χ0) is 28.8. The van der Waals surface area contributed by atoms with Crippen LogP contribution in [-0.4, -0.2) is 79.0 Å². The van der Waals surface area contributed by atoms with Gasteiger partial charge in [0.05, 0.1) is 11.9 Å². The number of amides is 1. The van der Waals surface area contributed by atoms with Crippen LogP contribution in [0.25, 0.3) is 16.9 Å². The van der Waals surface area contributed by atoms with Gasteiger partial charge in [-0.2, -0.15) is 10.2 Å². The maximum absolute atomic E-state index is 12.1. The van der Waals surface area contributed by atoms with Gasteiger partial charge in [-0.1, -0.05) is 51.4 Å². The van der Waals surface area contributed by atoms with Crippen LogP contribution in [0, 0.1) is 5.41 Å². The molecule has 0 saturated carbocycles. The Morgan fingerprint density at radius 3 is 2.28 bits per heavy atom. The van der Waals surface area contributed by atoms with Gasteiger partial charge >= 0.3 is 0 Å². The molecular weight excluding hydrogens is 514 g/mol. The van der Waals surface area contributed by atoms with Crippen LogP contribution < -0.4 is 0 Å². The lowest BCUT2D eigenvalue weighted by Crippen LogP contribution is -2.58. The standard InChI is InChI=1S/C13H8ClN3O.C11H18N4O.C5H12/c14-10-3-1-9(2-4-10)12-5-6-13-15-11(8-18)7-17(13)16-12;1-11(2)8-15(7-6-14(11)3)10(16)9-4-5-12-13-9;1-5(2,3)4/h1-8H;4-5H,6-8H2,1-3H3,(H,12,13);1-4H3. The first-order valence-corrected chi connectivity index (χ1v) is 13.2. The van der Waals surface area contributed by atoms with Crippen molar-refractivity contribution < 1.29 is 9.59 Å². The molecule has 3 aromatic heterocycles. The Balaban J connectivity index is 0.000000185. The quantitative estimate of drug-likeness (QED) is 0.338. The van der Waals surface area contributed by atoms with Crippen LogP contribution in [0.5, 0.6) is 0 Å². The van der Waals surface area contributed by atoms with E-state index in [0.717, 1.165) is 30.9 Å². The number of rotatable bonds is 3. The summed E-state index contributed by atoms with van der Waals surface area (Å²) < 4.78 is 1.59. The van der Waals surface area contributed by atoms with Crippen molar-refractivity contribution in [2.24, 2.45) is 5.41 Å². The number of nitrogens with zero attached hydrogens (tertiary/aromatic N) is 6. The largest absolute Gasteiger partial charge is 0.334 e. The van der Waals surface area contributed by atoms with Crippen molar-refractivity contribution in [2.45, 2.75) is 47.1 Å². The summed E-state index contributed by atoms with van der Waals surface area (Å²) in [5.74, 6) is 0.0404. The van der Waals surface area contributed by atoms with Gasteiger partial charge in [-0.25, -0.2) is 9.50 Å². The summed E-state index contributed by atoms with van der Waals surface area (Å²) in [6.07, 6.45) is 3.91. The second-order valence-electron chi connectivity index (χ2n) is 11.7. The summed E-state index contributed by atoms with van der Waals surface area (Å²) in [6, 6.07) is 12.8. The topological polar surface area (TPSA) is 99.5 Å². The smallest absolute Gasteiger partial charge is 0.271 e. The number of likely N-dealkylation sites (N-methyl/N-ethyl adjacent to an activating group) is 1. The molecule has 39 heavy (non-hydrogen) atoms. The fourth-order valence-corrected chi connectivity index (χ4v) is 3.82. The van der Waals surface area contributed by atoms with Crippen LogP contribution in [0.2, 0.25) is 5.02 Å². The molecule has 1 aromatic carbocycles. The van der Waals surface area contributed by atoms with Crippen molar-refractivity contribution >= 4 is 29.4 Å². The Kier molecular flexibility index (Phi) is 9.63. The summed E-state index contributed by atoms with van der Waals surface area (Å²) >= 11 is 5.84. The number of aromatic amines is 1. The molecule has 1 aliphatic heterocycles. The van der Waals surface area contributed by atoms with E-state index in [0.29, 0.717) is 33.8 Å². The molecule has 0 unspecified atom stereocenters. The number of aromatic nitrogens is 5. The average Bonchev–Trinajstić information content (AvgIpc) is 3.55. The molecule has 1 aliphatic rings. The van der Waals surface area contributed by atoms with E-state index in [1.54, 1.807) is 23.0 Å². The lowest BCUT2D eigenvalue weighted by Gasteiger charge is -2.45. The summed E-state index contributed by atoms with van der Waals surface area (Å²) in [7, 11) is 2.10. The number of hydrogen-bond donors (Lipinski definition) is 1. The molecule has 5 rings (SSSR count). The highest BCUT2D eigenvalue weighted by molar-refractivity contribution is 6.30. The minimum Gasteiger partial charge on any atom is -0.334 e. The molecule has 1 N–H and O–H groups in total. The number of aldehydes is 1. The first-order valence-electron chi connectivity index (χ1n) is 12.8. The predicted octanol–water partition coefficient (Wildman–Crippen LogP) is 5.49. The Labute approximate surface area is 235 Å². The maximum atomic E-state index is 12.1. The predicted molar refractivity (Wildman–Crippen MR) is 155 cm³/mol. The number of benzene rings is 1. The zero-order valence-corrected chi connectivity index (χ0v) is 24.5. The third-order valence-electron chi connectivity index (χ3n) is 5.93. The monoisotopic (exact) mass is 551 g/mol. The Morgan fingerprint density at radius 2 is 1.72 bits per heavy atom. The summed E-state index contributed by atoms with van der Waals surface area (Å²) in [5.41, 5.74) is 3.89. The first-order chi connectivity index (χ1) is 18.3. The fourth-order valence-electron chi connectivity index (χ4n) is 3.69. The molecule has 4 heterocycles. The molecule has 208 valence electrons. The van der Waals surface area contributed by atoms with E-state index in [9.17, 15) is 9.59 Å². The number of imidazole rings is 1. The molecule has 1 saturated heterocycles. The SMILES string of the molecule is CC(C)(C)C.CN1CCN(C(=O)c2ccn[nH]2)CC1(C)C.O=Cc1cn2nc(-c3ccc(Cl)cc3)ccc2n1. The second kappa shape index (κ2) is 12.5. The zero-order valence-electron chi connectivity index (χ0n) is 23.8. The van der Waals surface area contributed by atoms with Crippen LogP contribution in [0.3, 0.4) is 0 Å². The maximum Gasteiger partial charge on any atom is 0.271 e. The first kappa shape index (κ1) is 30.0. The fraction of sp³-hybridized carbons (Fsp3) is 0.414. The van der Waals surface area contributed by atoms with Gasteiger partial charge in [0, 0.05) is 42.0 Å². The Hall–Kier alpha value is -3.56. The molecule has 0 spiro atoms. The number of hydrogen-bond acceptors (Lipinski definition) is 6. The lowest BCUT2D eigenvalue weighted by atomic mass is 9.99. The van der Waals surface area contributed by atoms with Gasteiger partial charge in [0.1, 0.15) is 11.4 Å². The molecule has 1 fully saturated rings. The number of piperazine rings is 1. The minimum absolute atomic E-state index is 0.0356. The van der Waals surface area contributed by atoms with Crippen molar-refractivity contribution in [3.8, 4) is 11.3 Å². The third kappa shape index (κ3) is 8.73. The summed E-state index contributed by atoms with van der Waals surface area (Å²) in [6.45, 7) is 15.5. The molecule has 0 bridgehead atoms. The van der Waals surface area contributed by atoms with E-state index in [1.165, 1.54) is 0 Å². The van der Waals surface area contributed by atoms with Crippen molar-refractivity contribution in [2.75, 3.05) is 26.7 Å². The average molecular weight is 552 g/mol. The number of carbonyl (C=O) groups excluding carboxylic acids is 2. The summed E-state index contributed by atoms with van der Waals surface area (Å²) in [5, 5.41) is 11.6. The van der Waals surface area contributed by atoms with Crippen LogP contribution in [0.4, 0.5) is 0 Å². The van der Waals surface area contributed by atoms with E-state index in [-0.39, 0.29) is 11.4 Å². The van der Waals surface area contributed by atoms with Gasteiger partial charge in [-0.05, 0) is 56.6 Å². The number of nitrogens with one attached hydrogen (secondary N) is 1. The highest BCUT2D eigenvalue weighted by atomic mass is 35.5. The Bertz CT molecular complexity index is 1370. The van der Waals surface area contributed by atoms with E-state index < -0.39 is 0 Å². The van der Waals surface area contributed by atoms with Crippen LogP contribution >= 0.6 is 11.6 Å². The van der Waals surface area contributed by atoms with Crippen LogP contribution in [0.1, 0.15) is 62.5 Å². The molecule has 0 radical (unpaired) electrons. The van der Waals surface area contributed by atoms with E-state index in [1.807, 2.05) is 41.3 Å². The molecule has 0 atom stereocenters. The molecule has 1 amide bonds. The van der Waals surface area contributed by atoms with Gasteiger partial charge in [-0.3, -0.25) is 19.6 Å². The lowest BCUT2D eigenvalue weighted by molar-refractivity contribution is 0.0307. The molecule has 10 heteroatoms.